The van der Waals surface area contributed by atoms with E-state index in [1.54, 1.807) is 24.1 Å². The predicted molar refractivity (Wildman–Crippen MR) is 106 cm³/mol. The summed E-state index contributed by atoms with van der Waals surface area (Å²) in [6, 6.07) is 6.88. The molecule has 1 aliphatic rings. The number of amides is 2. The van der Waals surface area contributed by atoms with Crippen molar-refractivity contribution < 1.29 is 14.3 Å². The van der Waals surface area contributed by atoms with Crippen LogP contribution in [0.15, 0.2) is 49.1 Å². The van der Waals surface area contributed by atoms with E-state index in [4.69, 9.17) is 16.3 Å². The van der Waals surface area contributed by atoms with Crippen molar-refractivity contribution in [2.45, 2.75) is 13.1 Å². The number of carbonyl (C=O) groups excluding carboxylic acids is 2. The highest BCUT2D eigenvalue weighted by Gasteiger charge is 2.29. The van der Waals surface area contributed by atoms with Crippen molar-refractivity contribution in [3.8, 4) is 5.75 Å². The minimum Gasteiger partial charge on any atom is -0.497 e. The third-order valence-electron chi connectivity index (χ3n) is 4.48. The number of fused-ring (bicyclic) bond motifs is 1. The van der Waals surface area contributed by atoms with E-state index in [2.05, 4.69) is 20.3 Å². The number of methoxy groups -OCH3 is 1. The summed E-state index contributed by atoms with van der Waals surface area (Å²) >= 11 is 5.84. The summed E-state index contributed by atoms with van der Waals surface area (Å²) in [5.41, 5.74) is 2.42. The van der Waals surface area contributed by atoms with E-state index >= 15 is 0 Å². The van der Waals surface area contributed by atoms with Gasteiger partial charge in [0.05, 0.1) is 48.9 Å². The first kappa shape index (κ1) is 18.8. The van der Waals surface area contributed by atoms with Crippen LogP contribution in [-0.4, -0.2) is 33.9 Å². The molecule has 2 aromatic heterocycles. The number of nitrogens with zero attached hydrogens (tertiary/aromatic N) is 4. The lowest BCUT2D eigenvalue weighted by Crippen LogP contribution is -2.25. The monoisotopic (exact) mass is 409 g/mol. The van der Waals surface area contributed by atoms with Crippen LogP contribution >= 0.6 is 11.6 Å². The lowest BCUT2D eigenvalue weighted by Gasteiger charge is -2.14. The molecule has 2 amide bonds. The standard InChI is InChI=1S/C20H16ClN5O3/c1-29-16-2-3-17-13(5-16)11-26(20(17)28)18-10-23-15(8-24-18)9-25-19(27)12-4-14(21)7-22-6-12/h2-8,10H,9,11H2,1H3,(H,25,27). The normalized spacial score (nSPS) is 12.6. The molecule has 0 fully saturated rings. The lowest BCUT2D eigenvalue weighted by molar-refractivity contribution is 0.0949. The highest BCUT2D eigenvalue weighted by atomic mass is 35.5. The highest BCUT2D eigenvalue weighted by Crippen LogP contribution is 2.29. The van der Waals surface area contributed by atoms with Gasteiger partial charge in [0.15, 0.2) is 5.82 Å². The Morgan fingerprint density at radius 1 is 1.21 bits per heavy atom. The number of anilines is 1. The van der Waals surface area contributed by atoms with Crippen LogP contribution in [0.3, 0.4) is 0 Å². The molecule has 1 N–H and O–H groups in total. The largest absolute Gasteiger partial charge is 0.497 e. The van der Waals surface area contributed by atoms with Crippen molar-refractivity contribution >= 4 is 29.2 Å². The van der Waals surface area contributed by atoms with Crippen molar-refractivity contribution in [1.82, 2.24) is 20.3 Å². The molecular weight excluding hydrogens is 394 g/mol. The number of pyridine rings is 1. The van der Waals surface area contributed by atoms with Crippen LogP contribution in [0.2, 0.25) is 5.02 Å². The maximum Gasteiger partial charge on any atom is 0.260 e. The number of ether oxygens (including phenoxy) is 1. The lowest BCUT2D eigenvalue weighted by atomic mass is 10.1. The number of halogens is 1. The minimum absolute atomic E-state index is 0.133. The van der Waals surface area contributed by atoms with Gasteiger partial charge in [-0.25, -0.2) is 4.98 Å². The molecule has 3 aromatic rings. The first-order chi connectivity index (χ1) is 14.0. The molecule has 1 aliphatic heterocycles. The van der Waals surface area contributed by atoms with E-state index in [0.29, 0.717) is 40.0 Å². The molecule has 1 aromatic carbocycles. The third-order valence-corrected chi connectivity index (χ3v) is 4.69. The molecule has 4 rings (SSSR count). The van der Waals surface area contributed by atoms with Crippen molar-refractivity contribution in [3.05, 3.63) is 76.5 Å². The van der Waals surface area contributed by atoms with Crippen LogP contribution in [0.5, 0.6) is 5.75 Å². The molecule has 0 saturated heterocycles. The van der Waals surface area contributed by atoms with Crippen LogP contribution in [0, 0.1) is 0 Å². The molecule has 9 heteroatoms. The molecule has 0 atom stereocenters. The first-order valence-electron chi connectivity index (χ1n) is 8.73. The summed E-state index contributed by atoms with van der Waals surface area (Å²) in [5, 5.41) is 3.12. The maximum absolute atomic E-state index is 12.6. The Morgan fingerprint density at radius 2 is 2.07 bits per heavy atom. The molecule has 0 aliphatic carbocycles. The van der Waals surface area contributed by atoms with Gasteiger partial charge in [-0.15, -0.1) is 0 Å². The molecular formula is C20H16ClN5O3. The highest BCUT2D eigenvalue weighted by molar-refractivity contribution is 6.30. The molecule has 8 nitrogen and oxygen atoms in total. The second-order valence-corrected chi connectivity index (χ2v) is 6.79. The number of nitrogens with one attached hydrogen (secondary N) is 1. The Hall–Kier alpha value is -3.52. The van der Waals surface area contributed by atoms with Gasteiger partial charge >= 0.3 is 0 Å². The zero-order valence-electron chi connectivity index (χ0n) is 15.4. The second-order valence-electron chi connectivity index (χ2n) is 6.35. The molecule has 0 spiro atoms. The van der Waals surface area contributed by atoms with Crippen molar-refractivity contribution in [2.24, 2.45) is 0 Å². The van der Waals surface area contributed by atoms with Crippen LogP contribution in [0.1, 0.15) is 32.0 Å². The summed E-state index contributed by atoms with van der Waals surface area (Å²) in [6.45, 7) is 0.585. The molecule has 3 heterocycles. The molecule has 0 unspecified atom stereocenters. The average Bonchev–Trinajstić information content (AvgIpc) is 3.08. The molecule has 29 heavy (non-hydrogen) atoms. The Balaban J connectivity index is 1.42. The molecule has 0 saturated carbocycles. The summed E-state index contributed by atoms with van der Waals surface area (Å²) in [6.07, 6.45) is 5.93. The summed E-state index contributed by atoms with van der Waals surface area (Å²) < 4.78 is 5.21. The molecule has 0 radical (unpaired) electrons. The topological polar surface area (TPSA) is 97.3 Å². The Kier molecular flexibility index (Phi) is 5.09. The van der Waals surface area contributed by atoms with Crippen molar-refractivity contribution in [2.75, 3.05) is 12.0 Å². The number of aromatic nitrogens is 3. The minimum atomic E-state index is -0.315. The van der Waals surface area contributed by atoms with Crippen molar-refractivity contribution in [3.63, 3.8) is 0 Å². The summed E-state index contributed by atoms with van der Waals surface area (Å²) in [7, 11) is 1.59. The average molecular weight is 410 g/mol. The Labute approximate surface area is 171 Å². The van der Waals surface area contributed by atoms with Crippen LogP contribution in [0.4, 0.5) is 5.82 Å². The van der Waals surface area contributed by atoms with E-state index < -0.39 is 0 Å². The third kappa shape index (κ3) is 3.88. The number of hydrogen-bond acceptors (Lipinski definition) is 6. The summed E-state index contributed by atoms with van der Waals surface area (Å²) in [5.74, 6) is 0.696. The van der Waals surface area contributed by atoms with Crippen LogP contribution in [0.25, 0.3) is 0 Å². The first-order valence-corrected chi connectivity index (χ1v) is 9.11. The fraction of sp³-hybridized carbons (Fsp3) is 0.150. The molecule has 146 valence electrons. The van der Waals surface area contributed by atoms with E-state index in [1.807, 2.05) is 6.07 Å². The van der Waals surface area contributed by atoms with Gasteiger partial charge in [0.1, 0.15) is 5.75 Å². The number of rotatable bonds is 5. The SMILES string of the molecule is COc1ccc2c(c1)CN(c1cnc(CNC(=O)c3cncc(Cl)c3)cn1)C2=O. The van der Waals surface area contributed by atoms with Gasteiger partial charge in [-0.3, -0.25) is 24.5 Å². The number of hydrogen-bond donors (Lipinski definition) is 1. The van der Waals surface area contributed by atoms with Crippen LogP contribution < -0.4 is 15.0 Å². The van der Waals surface area contributed by atoms with E-state index in [1.165, 1.54) is 30.9 Å². The summed E-state index contributed by atoms with van der Waals surface area (Å²) in [4.78, 5) is 38.8. The fourth-order valence-corrected chi connectivity index (χ4v) is 3.17. The van der Waals surface area contributed by atoms with E-state index in [9.17, 15) is 9.59 Å². The Morgan fingerprint density at radius 3 is 2.79 bits per heavy atom. The Bertz CT molecular complexity index is 1090. The zero-order valence-corrected chi connectivity index (χ0v) is 16.2. The number of benzene rings is 1. The fourth-order valence-electron chi connectivity index (χ4n) is 3.00. The van der Waals surface area contributed by atoms with Gasteiger partial charge in [0.2, 0.25) is 0 Å². The van der Waals surface area contributed by atoms with Gasteiger partial charge in [-0.05, 0) is 29.8 Å². The van der Waals surface area contributed by atoms with Gasteiger partial charge < -0.3 is 10.1 Å². The van der Waals surface area contributed by atoms with E-state index in [-0.39, 0.29) is 18.4 Å². The second kappa shape index (κ2) is 7.84. The molecule has 0 bridgehead atoms. The quantitative estimate of drug-likeness (QED) is 0.695. The smallest absolute Gasteiger partial charge is 0.260 e. The van der Waals surface area contributed by atoms with Gasteiger partial charge in [-0.2, -0.15) is 0 Å². The van der Waals surface area contributed by atoms with E-state index in [0.717, 1.165) is 5.56 Å². The zero-order chi connectivity index (χ0) is 20.4. The van der Waals surface area contributed by atoms with Gasteiger partial charge in [0, 0.05) is 18.0 Å². The van der Waals surface area contributed by atoms with Crippen molar-refractivity contribution in [1.29, 1.82) is 0 Å². The van der Waals surface area contributed by atoms with Gasteiger partial charge in [-0.1, -0.05) is 11.6 Å². The number of carbonyl (C=O) groups is 2. The maximum atomic E-state index is 12.6. The van der Waals surface area contributed by atoms with Crippen LogP contribution in [-0.2, 0) is 13.1 Å². The van der Waals surface area contributed by atoms with Gasteiger partial charge in [0.25, 0.3) is 11.8 Å². The predicted octanol–water partition coefficient (Wildman–Crippen LogP) is 2.62.